The van der Waals surface area contributed by atoms with E-state index in [2.05, 4.69) is 18.7 Å². The second-order valence-electron chi connectivity index (χ2n) is 5.38. The highest BCUT2D eigenvalue weighted by Gasteiger charge is 2.26. The minimum atomic E-state index is -0.315. The van der Waals surface area contributed by atoms with Crippen molar-refractivity contribution in [2.75, 3.05) is 6.54 Å². The smallest absolute Gasteiger partial charge is 0.124 e. The van der Waals surface area contributed by atoms with E-state index in [4.69, 9.17) is 5.26 Å². The zero-order valence-electron chi connectivity index (χ0n) is 11.0. The lowest BCUT2D eigenvalue weighted by Crippen LogP contribution is -2.32. The standard InChI is InChI=1S/C15H19FN2/c1-11(2)15-4-3-5-18(15)10-13-6-12(9-17)7-14(16)8-13/h6-8,11,15H,3-5,10H2,1-2H3. The average molecular weight is 246 g/mol. The Morgan fingerprint density at radius 3 is 2.89 bits per heavy atom. The lowest BCUT2D eigenvalue weighted by atomic mass is 10.0. The zero-order chi connectivity index (χ0) is 13.1. The van der Waals surface area contributed by atoms with Gasteiger partial charge in [0.15, 0.2) is 0 Å². The van der Waals surface area contributed by atoms with Crippen molar-refractivity contribution < 1.29 is 4.39 Å². The summed E-state index contributed by atoms with van der Waals surface area (Å²) in [5.41, 5.74) is 1.31. The molecule has 1 fully saturated rings. The quantitative estimate of drug-likeness (QED) is 0.818. The van der Waals surface area contributed by atoms with Gasteiger partial charge < -0.3 is 0 Å². The van der Waals surface area contributed by atoms with Gasteiger partial charge in [-0.2, -0.15) is 5.26 Å². The molecule has 1 unspecified atom stereocenters. The number of nitrogens with zero attached hydrogens (tertiary/aromatic N) is 2. The molecule has 2 rings (SSSR count). The Hall–Kier alpha value is -1.40. The number of hydrogen-bond acceptors (Lipinski definition) is 2. The maximum atomic E-state index is 13.4. The van der Waals surface area contributed by atoms with Crippen LogP contribution in [0.3, 0.4) is 0 Å². The summed E-state index contributed by atoms with van der Waals surface area (Å²) in [5, 5.41) is 8.86. The SMILES string of the molecule is CC(C)C1CCCN1Cc1cc(F)cc(C#N)c1. The van der Waals surface area contributed by atoms with Crippen molar-refractivity contribution in [3.05, 3.63) is 35.1 Å². The van der Waals surface area contributed by atoms with Crippen LogP contribution in [0.1, 0.15) is 37.8 Å². The van der Waals surface area contributed by atoms with Crippen LogP contribution >= 0.6 is 0 Å². The van der Waals surface area contributed by atoms with E-state index < -0.39 is 0 Å². The molecule has 0 aliphatic carbocycles. The van der Waals surface area contributed by atoms with E-state index in [1.165, 1.54) is 25.0 Å². The molecule has 3 heteroatoms. The summed E-state index contributed by atoms with van der Waals surface area (Å²) in [6.45, 7) is 6.28. The average Bonchev–Trinajstić information content (AvgIpc) is 2.76. The molecule has 0 bridgehead atoms. The summed E-state index contributed by atoms with van der Waals surface area (Å²) in [4.78, 5) is 2.40. The molecule has 18 heavy (non-hydrogen) atoms. The fourth-order valence-electron chi connectivity index (χ4n) is 2.84. The molecular weight excluding hydrogens is 227 g/mol. The first-order valence-electron chi connectivity index (χ1n) is 6.54. The number of likely N-dealkylation sites (tertiary alicyclic amines) is 1. The van der Waals surface area contributed by atoms with Crippen LogP contribution in [0, 0.1) is 23.1 Å². The van der Waals surface area contributed by atoms with Crippen LogP contribution in [-0.2, 0) is 6.54 Å². The molecule has 96 valence electrons. The van der Waals surface area contributed by atoms with Gasteiger partial charge in [-0.25, -0.2) is 4.39 Å². The van der Waals surface area contributed by atoms with Crippen LogP contribution in [0.2, 0.25) is 0 Å². The van der Waals surface area contributed by atoms with Crippen molar-refractivity contribution in [3.63, 3.8) is 0 Å². The van der Waals surface area contributed by atoms with E-state index >= 15 is 0 Å². The summed E-state index contributed by atoms with van der Waals surface area (Å²) in [6, 6.07) is 7.20. The lowest BCUT2D eigenvalue weighted by Gasteiger charge is -2.27. The fourth-order valence-corrected chi connectivity index (χ4v) is 2.84. The van der Waals surface area contributed by atoms with Crippen molar-refractivity contribution in [1.82, 2.24) is 4.90 Å². The number of nitriles is 1. The molecule has 0 radical (unpaired) electrons. The molecule has 1 atom stereocenters. The largest absolute Gasteiger partial charge is 0.296 e. The lowest BCUT2D eigenvalue weighted by molar-refractivity contribution is 0.198. The van der Waals surface area contributed by atoms with E-state index in [-0.39, 0.29) is 5.82 Å². The van der Waals surface area contributed by atoms with E-state index in [0.717, 1.165) is 18.7 Å². The Balaban J connectivity index is 2.14. The van der Waals surface area contributed by atoms with Gasteiger partial charge in [0.05, 0.1) is 11.6 Å². The van der Waals surface area contributed by atoms with Gasteiger partial charge >= 0.3 is 0 Å². The molecule has 2 nitrogen and oxygen atoms in total. The van der Waals surface area contributed by atoms with Crippen LogP contribution in [0.25, 0.3) is 0 Å². The Bertz CT molecular complexity index is 462. The summed E-state index contributed by atoms with van der Waals surface area (Å²) >= 11 is 0. The molecule has 0 saturated carbocycles. The molecule has 1 saturated heterocycles. The topological polar surface area (TPSA) is 27.0 Å². The molecule has 0 amide bonds. The highest BCUT2D eigenvalue weighted by molar-refractivity contribution is 5.33. The molecule has 0 aromatic heterocycles. The van der Waals surface area contributed by atoms with Crippen molar-refractivity contribution in [2.24, 2.45) is 5.92 Å². The maximum Gasteiger partial charge on any atom is 0.124 e. The predicted octanol–water partition coefficient (Wildman–Crippen LogP) is 3.32. The summed E-state index contributed by atoms with van der Waals surface area (Å²) in [5.74, 6) is 0.306. The summed E-state index contributed by atoms with van der Waals surface area (Å²) in [6.07, 6.45) is 2.43. The Labute approximate surface area is 108 Å². The first kappa shape index (κ1) is 13.0. The van der Waals surface area contributed by atoms with E-state index in [0.29, 0.717) is 17.5 Å². The van der Waals surface area contributed by atoms with Gasteiger partial charge in [0.2, 0.25) is 0 Å². The van der Waals surface area contributed by atoms with Gasteiger partial charge in [-0.3, -0.25) is 4.90 Å². The number of hydrogen-bond donors (Lipinski definition) is 0. The monoisotopic (exact) mass is 246 g/mol. The van der Waals surface area contributed by atoms with Crippen LogP contribution in [0.5, 0.6) is 0 Å². The van der Waals surface area contributed by atoms with Crippen molar-refractivity contribution in [2.45, 2.75) is 39.3 Å². The molecule has 1 aliphatic heterocycles. The molecule has 0 spiro atoms. The normalized spacial score (nSPS) is 20.3. The number of benzene rings is 1. The highest BCUT2D eigenvalue weighted by Crippen LogP contribution is 2.25. The number of rotatable bonds is 3. The molecule has 1 aliphatic rings. The van der Waals surface area contributed by atoms with E-state index in [9.17, 15) is 4.39 Å². The zero-order valence-corrected chi connectivity index (χ0v) is 11.0. The minimum absolute atomic E-state index is 0.315. The fraction of sp³-hybridized carbons (Fsp3) is 0.533. The molecule has 0 N–H and O–H groups in total. The highest BCUT2D eigenvalue weighted by atomic mass is 19.1. The van der Waals surface area contributed by atoms with Gasteiger partial charge in [-0.05, 0) is 49.1 Å². The van der Waals surface area contributed by atoms with Crippen molar-refractivity contribution >= 4 is 0 Å². The first-order chi connectivity index (χ1) is 8.60. The predicted molar refractivity (Wildman–Crippen MR) is 69.4 cm³/mol. The van der Waals surface area contributed by atoms with Crippen LogP contribution in [-0.4, -0.2) is 17.5 Å². The van der Waals surface area contributed by atoms with Crippen molar-refractivity contribution in [3.8, 4) is 6.07 Å². The maximum absolute atomic E-state index is 13.4. The minimum Gasteiger partial charge on any atom is -0.296 e. The third-order valence-corrected chi connectivity index (χ3v) is 3.66. The molecule has 1 heterocycles. The van der Waals surface area contributed by atoms with Gasteiger partial charge in [0, 0.05) is 12.6 Å². The molecule has 1 aromatic rings. The van der Waals surface area contributed by atoms with Crippen LogP contribution in [0.4, 0.5) is 4.39 Å². The summed E-state index contributed by atoms with van der Waals surface area (Å²) < 4.78 is 13.4. The van der Waals surface area contributed by atoms with E-state index in [1.807, 2.05) is 6.07 Å². The van der Waals surface area contributed by atoms with Gasteiger partial charge in [-0.15, -0.1) is 0 Å². The van der Waals surface area contributed by atoms with Gasteiger partial charge in [-0.1, -0.05) is 13.8 Å². The second-order valence-corrected chi connectivity index (χ2v) is 5.38. The van der Waals surface area contributed by atoms with Gasteiger partial charge in [0.25, 0.3) is 0 Å². The van der Waals surface area contributed by atoms with E-state index in [1.54, 1.807) is 6.07 Å². The summed E-state index contributed by atoms with van der Waals surface area (Å²) in [7, 11) is 0. The first-order valence-corrected chi connectivity index (χ1v) is 6.54. The Morgan fingerprint density at radius 2 is 2.22 bits per heavy atom. The molecular formula is C15H19FN2. The third-order valence-electron chi connectivity index (χ3n) is 3.66. The molecule has 1 aromatic carbocycles. The Morgan fingerprint density at radius 1 is 1.44 bits per heavy atom. The third kappa shape index (κ3) is 2.88. The van der Waals surface area contributed by atoms with Crippen molar-refractivity contribution in [1.29, 1.82) is 5.26 Å². The second kappa shape index (κ2) is 5.49. The Kier molecular flexibility index (Phi) is 3.98. The van der Waals surface area contributed by atoms with Gasteiger partial charge in [0.1, 0.15) is 5.82 Å². The van der Waals surface area contributed by atoms with Crippen LogP contribution in [0.15, 0.2) is 18.2 Å². The van der Waals surface area contributed by atoms with Crippen LogP contribution < -0.4 is 0 Å². The number of halogens is 1.